The van der Waals surface area contributed by atoms with Gasteiger partial charge in [-0.2, -0.15) is 0 Å². The van der Waals surface area contributed by atoms with Crippen molar-refractivity contribution in [1.29, 1.82) is 0 Å². The van der Waals surface area contributed by atoms with Gasteiger partial charge in [-0.25, -0.2) is 4.98 Å². The van der Waals surface area contributed by atoms with Crippen molar-refractivity contribution in [1.82, 2.24) is 10.3 Å². The van der Waals surface area contributed by atoms with Gasteiger partial charge in [0.15, 0.2) is 6.39 Å². The van der Waals surface area contributed by atoms with E-state index in [-0.39, 0.29) is 17.2 Å². The molecule has 0 unspecified atom stereocenters. The van der Waals surface area contributed by atoms with Crippen LogP contribution in [-0.2, 0) is 0 Å². The smallest absolute Gasteiger partial charge is 0.289 e. The number of amides is 1. The summed E-state index contributed by atoms with van der Waals surface area (Å²) >= 11 is 3.32. The number of alkyl halides is 1. The fraction of sp³-hybridized carbons (Fsp3) is 0.556. The maximum atomic E-state index is 11.6. The molecule has 14 heavy (non-hydrogen) atoms. The van der Waals surface area contributed by atoms with Crippen LogP contribution in [0.15, 0.2) is 10.8 Å². The molecule has 0 bridgehead atoms. The Morgan fingerprint density at radius 3 is 2.79 bits per heavy atom. The Morgan fingerprint density at radius 2 is 2.36 bits per heavy atom. The minimum atomic E-state index is -0.295. The van der Waals surface area contributed by atoms with Crippen molar-refractivity contribution in [3.63, 3.8) is 0 Å². The third kappa shape index (κ3) is 2.57. The molecule has 0 aliphatic carbocycles. The molecule has 1 rings (SSSR count). The van der Waals surface area contributed by atoms with Gasteiger partial charge >= 0.3 is 0 Å². The Bertz CT molecular complexity index is 333. The van der Waals surface area contributed by atoms with E-state index in [1.165, 1.54) is 6.39 Å². The van der Waals surface area contributed by atoms with Gasteiger partial charge in [0.05, 0.1) is 5.69 Å². The van der Waals surface area contributed by atoms with Crippen LogP contribution < -0.4 is 5.32 Å². The monoisotopic (exact) mass is 260 g/mol. The van der Waals surface area contributed by atoms with Crippen LogP contribution in [0.3, 0.4) is 0 Å². The molecular formula is C9H13BrN2O2. The molecule has 0 saturated heterocycles. The van der Waals surface area contributed by atoms with Crippen molar-refractivity contribution < 1.29 is 9.21 Å². The zero-order valence-electron chi connectivity index (χ0n) is 8.43. The van der Waals surface area contributed by atoms with Crippen LogP contribution in [0, 0.1) is 6.92 Å². The third-order valence-corrected chi connectivity index (χ3v) is 3.14. The number of carbonyl (C=O) groups is 1. The van der Waals surface area contributed by atoms with Gasteiger partial charge in [-0.15, -0.1) is 0 Å². The normalized spacial score (nSPS) is 11.4. The van der Waals surface area contributed by atoms with Crippen LogP contribution in [0.4, 0.5) is 0 Å². The van der Waals surface area contributed by atoms with Crippen molar-refractivity contribution in [2.75, 3.05) is 5.33 Å². The summed E-state index contributed by atoms with van der Waals surface area (Å²) in [6.07, 6.45) is 1.27. The average Bonchev–Trinajstić information content (AvgIpc) is 2.51. The van der Waals surface area contributed by atoms with Crippen molar-refractivity contribution in [3.05, 3.63) is 17.8 Å². The van der Waals surface area contributed by atoms with Gasteiger partial charge in [0, 0.05) is 10.9 Å². The topological polar surface area (TPSA) is 55.1 Å². The average molecular weight is 261 g/mol. The molecular weight excluding hydrogens is 248 g/mol. The molecule has 1 N–H and O–H groups in total. The number of hydrogen-bond acceptors (Lipinski definition) is 3. The Balaban J connectivity index is 2.73. The van der Waals surface area contributed by atoms with Gasteiger partial charge in [-0.1, -0.05) is 15.9 Å². The molecule has 0 aromatic carbocycles. The number of oxazole rings is 1. The van der Waals surface area contributed by atoms with E-state index in [9.17, 15) is 4.79 Å². The number of halogens is 1. The molecule has 0 spiro atoms. The third-order valence-electron chi connectivity index (χ3n) is 1.74. The summed E-state index contributed by atoms with van der Waals surface area (Å²) in [5, 5.41) is 3.51. The van der Waals surface area contributed by atoms with E-state index in [4.69, 9.17) is 4.42 Å². The highest BCUT2D eigenvalue weighted by atomic mass is 79.9. The summed E-state index contributed by atoms with van der Waals surface area (Å²) in [6.45, 7) is 5.58. The summed E-state index contributed by atoms with van der Waals surface area (Å²) in [5.41, 5.74) is 0.309. The zero-order valence-corrected chi connectivity index (χ0v) is 10.0. The van der Waals surface area contributed by atoms with Gasteiger partial charge < -0.3 is 9.73 Å². The van der Waals surface area contributed by atoms with Crippen molar-refractivity contribution >= 4 is 21.8 Å². The number of aryl methyl sites for hydroxylation is 1. The number of nitrogens with zero attached hydrogens (tertiary/aromatic N) is 1. The molecule has 0 aliphatic rings. The van der Waals surface area contributed by atoms with Gasteiger partial charge in [0.25, 0.3) is 5.91 Å². The predicted octanol–water partition coefficient (Wildman–Crippen LogP) is 1.89. The second-order valence-corrected chi connectivity index (χ2v) is 4.30. The summed E-state index contributed by atoms with van der Waals surface area (Å²) in [6, 6.07) is 0. The lowest BCUT2D eigenvalue weighted by Crippen LogP contribution is -2.44. The summed E-state index contributed by atoms with van der Waals surface area (Å²) < 4.78 is 4.98. The van der Waals surface area contributed by atoms with Crippen LogP contribution >= 0.6 is 15.9 Å². The largest absolute Gasteiger partial charge is 0.438 e. The molecule has 78 valence electrons. The molecule has 0 atom stereocenters. The highest BCUT2D eigenvalue weighted by molar-refractivity contribution is 9.09. The number of nitrogens with one attached hydrogen (secondary N) is 1. The van der Waals surface area contributed by atoms with E-state index >= 15 is 0 Å². The van der Waals surface area contributed by atoms with Gasteiger partial charge in [-0.05, 0) is 20.8 Å². The first kappa shape index (κ1) is 11.2. The Labute approximate surface area is 91.2 Å². The standard InChI is InChI=1S/C9H13BrN2O2/c1-6-7(14-5-11-6)8(13)12-9(2,3)4-10/h5H,4H2,1-3H3,(H,12,13). The van der Waals surface area contributed by atoms with E-state index in [1.54, 1.807) is 6.92 Å². The maximum absolute atomic E-state index is 11.6. The number of carbonyl (C=O) groups excluding carboxylic acids is 1. The lowest BCUT2D eigenvalue weighted by molar-refractivity contribution is 0.0892. The van der Waals surface area contributed by atoms with E-state index in [1.807, 2.05) is 13.8 Å². The summed E-state index contributed by atoms with van der Waals surface area (Å²) in [4.78, 5) is 15.5. The van der Waals surface area contributed by atoms with Crippen LogP contribution in [0.25, 0.3) is 0 Å². The lowest BCUT2D eigenvalue weighted by Gasteiger charge is -2.22. The SMILES string of the molecule is Cc1ncoc1C(=O)NC(C)(C)CBr. The molecule has 1 heterocycles. The van der Waals surface area contributed by atoms with Crippen LogP contribution in [0.5, 0.6) is 0 Å². The first-order valence-corrected chi connectivity index (χ1v) is 5.37. The molecule has 5 heteroatoms. The Morgan fingerprint density at radius 1 is 1.71 bits per heavy atom. The second-order valence-electron chi connectivity index (χ2n) is 3.74. The fourth-order valence-corrected chi connectivity index (χ4v) is 1.06. The van der Waals surface area contributed by atoms with Gasteiger partial charge in [0.2, 0.25) is 5.76 Å². The van der Waals surface area contributed by atoms with Gasteiger partial charge in [-0.3, -0.25) is 4.79 Å². The quantitative estimate of drug-likeness (QED) is 0.845. The molecule has 1 aromatic heterocycles. The minimum Gasteiger partial charge on any atom is -0.438 e. The lowest BCUT2D eigenvalue weighted by atomic mass is 10.1. The van der Waals surface area contributed by atoms with E-state index in [0.717, 1.165) is 0 Å². The molecule has 0 fully saturated rings. The first-order valence-electron chi connectivity index (χ1n) is 4.25. The van der Waals surface area contributed by atoms with E-state index < -0.39 is 0 Å². The predicted molar refractivity (Wildman–Crippen MR) is 56.6 cm³/mol. The summed E-state index contributed by atoms with van der Waals surface area (Å²) in [5.74, 6) is 0.0449. The van der Waals surface area contributed by atoms with E-state index in [2.05, 4.69) is 26.2 Å². The fourth-order valence-electron chi connectivity index (χ4n) is 0.917. The van der Waals surface area contributed by atoms with E-state index in [0.29, 0.717) is 11.0 Å². The summed E-state index contributed by atoms with van der Waals surface area (Å²) in [7, 11) is 0. The van der Waals surface area contributed by atoms with Crippen molar-refractivity contribution in [2.24, 2.45) is 0 Å². The van der Waals surface area contributed by atoms with Crippen molar-refractivity contribution in [3.8, 4) is 0 Å². The molecule has 1 aromatic rings. The number of aromatic nitrogens is 1. The van der Waals surface area contributed by atoms with Crippen molar-refractivity contribution in [2.45, 2.75) is 26.3 Å². The Kier molecular flexibility index (Phi) is 3.31. The molecule has 4 nitrogen and oxygen atoms in total. The molecule has 0 saturated carbocycles. The number of hydrogen-bond donors (Lipinski definition) is 1. The first-order chi connectivity index (χ1) is 6.46. The zero-order chi connectivity index (χ0) is 10.8. The van der Waals surface area contributed by atoms with Crippen LogP contribution in [-0.4, -0.2) is 21.8 Å². The van der Waals surface area contributed by atoms with Crippen LogP contribution in [0.2, 0.25) is 0 Å². The second kappa shape index (κ2) is 4.13. The Hall–Kier alpha value is -0.840. The molecule has 0 aliphatic heterocycles. The van der Waals surface area contributed by atoms with Crippen LogP contribution in [0.1, 0.15) is 30.1 Å². The maximum Gasteiger partial charge on any atom is 0.289 e. The highest BCUT2D eigenvalue weighted by Gasteiger charge is 2.22. The molecule has 0 radical (unpaired) electrons. The molecule has 1 amide bonds. The highest BCUT2D eigenvalue weighted by Crippen LogP contribution is 2.10. The minimum absolute atomic E-state index is 0.232. The van der Waals surface area contributed by atoms with Gasteiger partial charge in [0.1, 0.15) is 0 Å². The number of rotatable bonds is 3.